The number of aryl methyl sites for hydroxylation is 1. The number of thiazole rings is 1. The summed E-state index contributed by atoms with van der Waals surface area (Å²) >= 11 is 1.45. The Balaban J connectivity index is 1.76. The summed E-state index contributed by atoms with van der Waals surface area (Å²) in [6.07, 6.45) is -3.98. The van der Waals surface area contributed by atoms with Crippen LogP contribution in [0.15, 0.2) is 77.1 Å². The van der Waals surface area contributed by atoms with Gasteiger partial charge in [-0.1, -0.05) is 18.2 Å². The predicted octanol–water partition coefficient (Wildman–Crippen LogP) is 6.74. The van der Waals surface area contributed by atoms with Crippen LogP contribution in [-0.2, 0) is 19.1 Å². The van der Waals surface area contributed by atoms with Crippen molar-refractivity contribution in [2.45, 2.75) is 19.1 Å². The lowest BCUT2D eigenvalue weighted by Gasteiger charge is -2.12. The van der Waals surface area contributed by atoms with Crippen molar-refractivity contribution in [3.63, 3.8) is 0 Å². The van der Waals surface area contributed by atoms with Gasteiger partial charge in [0, 0.05) is 30.1 Å². The smallest absolute Gasteiger partial charge is 0.416 e. The molecule has 0 spiro atoms. The lowest BCUT2D eigenvalue weighted by molar-refractivity contribution is -0.137. The fourth-order valence-electron chi connectivity index (χ4n) is 3.74. The summed E-state index contributed by atoms with van der Waals surface area (Å²) in [4.78, 5) is 5.52. The molecule has 188 valence electrons. The Morgan fingerprint density at radius 2 is 1.50 bits per heavy atom. The lowest BCUT2D eigenvalue weighted by Crippen LogP contribution is -2.17. The van der Waals surface area contributed by atoms with Crippen molar-refractivity contribution in [3.8, 4) is 28.5 Å². The predicted molar refractivity (Wildman–Crippen MR) is 134 cm³/mol. The SMILES string of the molecule is COc1ccc(-c2csc(=Nc3cc(OC)cc(OC)c3)n2CCc2cccc(C(F)(F)F)c2)cc1. The summed E-state index contributed by atoms with van der Waals surface area (Å²) in [7, 11) is 4.75. The van der Waals surface area contributed by atoms with Crippen molar-refractivity contribution in [3.05, 3.63) is 88.0 Å². The molecule has 0 saturated heterocycles. The number of methoxy groups -OCH3 is 3. The van der Waals surface area contributed by atoms with Crippen LogP contribution in [0, 0.1) is 0 Å². The number of rotatable bonds is 8. The molecule has 0 bridgehead atoms. The molecule has 0 N–H and O–H groups in total. The summed E-state index contributed by atoms with van der Waals surface area (Å²) in [5, 5.41) is 1.99. The Labute approximate surface area is 211 Å². The minimum Gasteiger partial charge on any atom is -0.497 e. The van der Waals surface area contributed by atoms with Crippen molar-refractivity contribution in [2.24, 2.45) is 4.99 Å². The standard InChI is InChI=1S/C27H25F3N2O3S/c1-33-22-9-7-19(8-10-22)25-17-36-26(31-21-14-23(34-2)16-24(15-21)35-3)32(25)12-11-18-5-4-6-20(13-18)27(28,29)30/h4-10,13-17H,11-12H2,1-3H3. The highest BCUT2D eigenvalue weighted by atomic mass is 32.1. The van der Waals surface area contributed by atoms with E-state index in [0.29, 0.717) is 40.5 Å². The number of hydrogen-bond acceptors (Lipinski definition) is 5. The second kappa shape index (κ2) is 10.9. The van der Waals surface area contributed by atoms with Crippen LogP contribution in [0.2, 0.25) is 0 Å². The van der Waals surface area contributed by atoms with Gasteiger partial charge in [-0.2, -0.15) is 13.2 Å². The first-order chi connectivity index (χ1) is 17.3. The van der Waals surface area contributed by atoms with Gasteiger partial charge in [0.2, 0.25) is 0 Å². The molecule has 0 atom stereocenters. The maximum absolute atomic E-state index is 13.2. The first-order valence-electron chi connectivity index (χ1n) is 11.1. The molecule has 5 nitrogen and oxygen atoms in total. The zero-order valence-corrected chi connectivity index (χ0v) is 20.8. The van der Waals surface area contributed by atoms with E-state index in [1.807, 2.05) is 34.2 Å². The first kappa shape index (κ1) is 25.4. The van der Waals surface area contributed by atoms with Crippen LogP contribution in [0.5, 0.6) is 17.2 Å². The third-order valence-electron chi connectivity index (χ3n) is 5.62. The van der Waals surface area contributed by atoms with Crippen molar-refractivity contribution < 1.29 is 27.4 Å². The molecule has 0 radical (unpaired) electrons. The second-order valence-electron chi connectivity index (χ2n) is 7.91. The normalized spacial score (nSPS) is 12.0. The molecule has 9 heteroatoms. The summed E-state index contributed by atoms with van der Waals surface area (Å²) in [5.41, 5.74) is 2.43. The average molecular weight is 515 g/mol. The number of aromatic nitrogens is 1. The molecule has 1 heterocycles. The average Bonchev–Trinajstić information content (AvgIpc) is 3.28. The highest BCUT2D eigenvalue weighted by Gasteiger charge is 2.30. The van der Waals surface area contributed by atoms with E-state index in [4.69, 9.17) is 19.2 Å². The zero-order chi connectivity index (χ0) is 25.7. The first-order valence-corrected chi connectivity index (χ1v) is 12.0. The van der Waals surface area contributed by atoms with Gasteiger partial charge in [-0.25, -0.2) is 4.99 Å². The zero-order valence-electron chi connectivity index (χ0n) is 20.0. The topological polar surface area (TPSA) is 45.0 Å². The van der Waals surface area contributed by atoms with Gasteiger partial charge in [0.05, 0.1) is 38.3 Å². The molecule has 4 rings (SSSR count). The van der Waals surface area contributed by atoms with Crippen molar-refractivity contribution in [1.82, 2.24) is 4.57 Å². The molecule has 0 fully saturated rings. The fourth-order valence-corrected chi connectivity index (χ4v) is 4.69. The molecule has 3 aromatic carbocycles. The van der Waals surface area contributed by atoms with E-state index in [9.17, 15) is 13.2 Å². The molecule has 36 heavy (non-hydrogen) atoms. The summed E-state index contributed by atoms with van der Waals surface area (Å²) in [6.45, 7) is 0.437. The Kier molecular flexibility index (Phi) is 7.69. The van der Waals surface area contributed by atoms with Gasteiger partial charge in [0.25, 0.3) is 0 Å². The number of ether oxygens (including phenoxy) is 3. The maximum atomic E-state index is 13.2. The largest absolute Gasteiger partial charge is 0.497 e. The maximum Gasteiger partial charge on any atom is 0.416 e. The molecule has 0 amide bonds. The van der Waals surface area contributed by atoms with Crippen LogP contribution in [0.25, 0.3) is 11.3 Å². The van der Waals surface area contributed by atoms with Gasteiger partial charge in [0.1, 0.15) is 17.2 Å². The Hall–Kier alpha value is -3.72. The highest BCUT2D eigenvalue weighted by Crippen LogP contribution is 2.31. The van der Waals surface area contributed by atoms with Gasteiger partial charge in [-0.3, -0.25) is 0 Å². The van der Waals surface area contributed by atoms with Crippen LogP contribution in [-0.4, -0.2) is 25.9 Å². The molecule has 0 unspecified atom stereocenters. The molecule has 0 saturated carbocycles. The molecule has 4 aromatic rings. The van der Waals surface area contributed by atoms with E-state index in [0.717, 1.165) is 23.1 Å². The summed E-state index contributed by atoms with van der Waals surface area (Å²) in [6, 6.07) is 18.4. The number of nitrogens with zero attached hydrogens (tertiary/aromatic N) is 2. The Morgan fingerprint density at radius 3 is 2.11 bits per heavy atom. The van der Waals surface area contributed by atoms with Crippen molar-refractivity contribution in [1.29, 1.82) is 0 Å². The summed E-state index contributed by atoms with van der Waals surface area (Å²) in [5.74, 6) is 1.95. The van der Waals surface area contributed by atoms with E-state index in [1.54, 1.807) is 45.6 Å². The van der Waals surface area contributed by atoms with Gasteiger partial charge in [-0.15, -0.1) is 11.3 Å². The van der Waals surface area contributed by atoms with Gasteiger partial charge in [0.15, 0.2) is 4.80 Å². The van der Waals surface area contributed by atoms with E-state index in [2.05, 4.69) is 0 Å². The minimum atomic E-state index is -4.38. The van der Waals surface area contributed by atoms with Gasteiger partial charge in [-0.05, 0) is 47.9 Å². The van der Waals surface area contributed by atoms with Crippen LogP contribution in [0.1, 0.15) is 11.1 Å². The number of halogens is 3. The molecule has 0 aliphatic carbocycles. The lowest BCUT2D eigenvalue weighted by atomic mass is 10.1. The molecule has 1 aromatic heterocycles. The number of hydrogen-bond donors (Lipinski definition) is 0. The van der Waals surface area contributed by atoms with Crippen LogP contribution in [0.3, 0.4) is 0 Å². The van der Waals surface area contributed by atoms with Crippen molar-refractivity contribution >= 4 is 17.0 Å². The summed E-state index contributed by atoms with van der Waals surface area (Å²) < 4.78 is 57.6. The second-order valence-corrected chi connectivity index (χ2v) is 8.75. The van der Waals surface area contributed by atoms with E-state index in [1.165, 1.54) is 23.5 Å². The monoisotopic (exact) mass is 514 g/mol. The quantitative estimate of drug-likeness (QED) is 0.262. The van der Waals surface area contributed by atoms with Crippen LogP contribution >= 0.6 is 11.3 Å². The highest BCUT2D eigenvalue weighted by molar-refractivity contribution is 7.07. The Bertz CT molecular complexity index is 1370. The van der Waals surface area contributed by atoms with Crippen molar-refractivity contribution in [2.75, 3.05) is 21.3 Å². The van der Waals surface area contributed by atoms with E-state index >= 15 is 0 Å². The molecular formula is C27H25F3N2O3S. The van der Waals surface area contributed by atoms with E-state index < -0.39 is 11.7 Å². The number of benzene rings is 3. The minimum absolute atomic E-state index is 0.401. The molecule has 0 aliphatic heterocycles. The molecule has 0 aliphatic rings. The Morgan fingerprint density at radius 1 is 0.833 bits per heavy atom. The third-order valence-corrected chi connectivity index (χ3v) is 6.49. The van der Waals surface area contributed by atoms with Crippen LogP contribution < -0.4 is 19.0 Å². The van der Waals surface area contributed by atoms with E-state index in [-0.39, 0.29) is 0 Å². The molecular weight excluding hydrogens is 489 g/mol. The fraction of sp³-hybridized carbons (Fsp3) is 0.222. The van der Waals surface area contributed by atoms with Gasteiger partial charge >= 0.3 is 6.18 Å². The van der Waals surface area contributed by atoms with Crippen LogP contribution in [0.4, 0.5) is 18.9 Å². The number of alkyl halides is 3. The third kappa shape index (κ3) is 5.91. The van der Waals surface area contributed by atoms with Gasteiger partial charge < -0.3 is 18.8 Å².